The van der Waals surface area contributed by atoms with Gasteiger partial charge in [-0.15, -0.1) is 10.2 Å². The molecule has 3 rings (SSSR count). The summed E-state index contributed by atoms with van der Waals surface area (Å²) in [5.74, 6) is -0.681. The summed E-state index contributed by atoms with van der Waals surface area (Å²) in [6.45, 7) is 1.18. The van der Waals surface area contributed by atoms with Crippen LogP contribution in [-0.4, -0.2) is 38.7 Å². The molecule has 0 unspecified atom stereocenters. The lowest BCUT2D eigenvalue weighted by Gasteiger charge is -2.09. The van der Waals surface area contributed by atoms with Gasteiger partial charge < -0.3 is 10.1 Å². The lowest BCUT2D eigenvalue weighted by molar-refractivity contribution is -0.148. The number of carbonyl (C=O) groups excluding carboxylic acids is 2. The van der Waals surface area contributed by atoms with Crippen molar-refractivity contribution in [2.45, 2.75) is 13.5 Å². The number of rotatable bonds is 6. The number of aromatic nitrogens is 4. The number of carbonyl (C=O) groups is 2. The van der Waals surface area contributed by atoms with Crippen LogP contribution < -0.4 is 5.32 Å². The van der Waals surface area contributed by atoms with E-state index >= 15 is 0 Å². The van der Waals surface area contributed by atoms with E-state index in [0.29, 0.717) is 16.5 Å². The Balaban J connectivity index is 1.49. The Morgan fingerprint density at radius 3 is 2.96 bits per heavy atom. The van der Waals surface area contributed by atoms with Crippen molar-refractivity contribution in [3.8, 4) is 11.4 Å². The quantitative estimate of drug-likeness (QED) is 0.648. The molecule has 26 heavy (non-hydrogen) atoms. The number of nitrogens with one attached hydrogen (secondary N) is 1. The molecule has 2 heterocycles. The largest absolute Gasteiger partial charge is 0.454 e. The molecule has 0 aliphatic rings. The smallest absolute Gasteiger partial charge is 0.330 e. The second kappa shape index (κ2) is 8.07. The van der Waals surface area contributed by atoms with Gasteiger partial charge in [-0.2, -0.15) is 16.1 Å². The predicted molar refractivity (Wildman–Crippen MR) is 96.9 cm³/mol. The number of amides is 1. The molecule has 3 aromatic rings. The van der Waals surface area contributed by atoms with Crippen LogP contribution in [-0.2, 0) is 20.9 Å². The molecule has 134 valence electrons. The molecule has 0 aliphatic heterocycles. The molecule has 0 aliphatic carbocycles. The fraction of sp³-hybridized carbons (Fsp3) is 0.188. The second-order valence-corrected chi connectivity index (χ2v) is 6.54. The zero-order chi connectivity index (χ0) is 18.5. The van der Waals surface area contributed by atoms with E-state index < -0.39 is 18.5 Å². The average molecular weight is 392 g/mol. The molecular weight excluding hydrogens is 378 g/mol. The number of tetrazole rings is 1. The first kappa shape index (κ1) is 18.0. The average Bonchev–Trinajstić information content (AvgIpc) is 3.28. The van der Waals surface area contributed by atoms with Gasteiger partial charge >= 0.3 is 5.97 Å². The van der Waals surface area contributed by atoms with Gasteiger partial charge in [-0.1, -0.05) is 17.7 Å². The minimum Gasteiger partial charge on any atom is -0.454 e. The number of nitrogens with zero attached hydrogens (tertiary/aromatic N) is 4. The fourth-order valence-electron chi connectivity index (χ4n) is 2.04. The number of esters is 1. The number of thiophene rings is 1. The summed E-state index contributed by atoms with van der Waals surface area (Å²) in [7, 11) is 0. The molecule has 0 saturated heterocycles. The lowest BCUT2D eigenvalue weighted by atomic mass is 10.2. The third kappa shape index (κ3) is 4.64. The number of ether oxygens (including phenoxy) is 1. The van der Waals surface area contributed by atoms with E-state index in [9.17, 15) is 9.59 Å². The summed E-state index contributed by atoms with van der Waals surface area (Å²) >= 11 is 7.41. The van der Waals surface area contributed by atoms with Gasteiger partial charge in [-0.05, 0) is 41.3 Å². The molecule has 0 spiro atoms. The SMILES string of the molecule is Cc1ccc(Cl)cc1NC(=O)COC(=O)Cn1nnc(-c2ccsc2)n1. The Hall–Kier alpha value is -2.78. The zero-order valence-electron chi connectivity index (χ0n) is 13.7. The van der Waals surface area contributed by atoms with Gasteiger partial charge in [0.25, 0.3) is 5.91 Å². The first-order chi connectivity index (χ1) is 12.5. The number of aryl methyl sites for hydroxylation is 1. The minimum atomic E-state index is -0.641. The molecule has 0 fully saturated rings. The van der Waals surface area contributed by atoms with Crippen LogP contribution in [0.3, 0.4) is 0 Å². The Morgan fingerprint density at radius 1 is 1.35 bits per heavy atom. The number of halogens is 1. The summed E-state index contributed by atoms with van der Waals surface area (Å²) in [5, 5.41) is 18.7. The van der Waals surface area contributed by atoms with Crippen LogP contribution in [0, 0.1) is 6.92 Å². The minimum absolute atomic E-state index is 0.236. The van der Waals surface area contributed by atoms with Crippen molar-refractivity contribution in [3.05, 3.63) is 45.6 Å². The molecule has 2 aromatic heterocycles. The van der Waals surface area contributed by atoms with Crippen molar-refractivity contribution >= 4 is 40.5 Å². The molecule has 0 bridgehead atoms. The van der Waals surface area contributed by atoms with Gasteiger partial charge in [0.2, 0.25) is 5.82 Å². The number of benzene rings is 1. The van der Waals surface area contributed by atoms with Crippen LogP contribution >= 0.6 is 22.9 Å². The highest BCUT2D eigenvalue weighted by molar-refractivity contribution is 7.08. The third-order valence-electron chi connectivity index (χ3n) is 3.34. The maximum absolute atomic E-state index is 11.9. The maximum Gasteiger partial charge on any atom is 0.330 e. The fourth-order valence-corrected chi connectivity index (χ4v) is 2.85. The van der Waals surface area contributed by atoms with E-state index in [-0.39, 0.29) is 6.54 Å². The Kier molecular flexibility index (Phi) is 5.59. The van der Waals surface area contributed by atoms with E-state index in [2.05, 4.69) is 20.7 Å². The van der Waals surface area contributed by atoms with Crippen LogP contribution in [0.4, 0.5) is 5.69 Å². The van der Waals surface area contributed by atoms with Gasteiger partial charge in [0.15, 0.2) is 13.2 Å². The molecule has 0 radical (unpaired) electrons. The molecule has 1 aromatic carbocycles. The van der Waals surface area contributed by atoms with Gasteiger partial charge in [-0.25, -0.2) is 4.79 Å². The van der Waals surface area contributed by atoms with Crippen LogP contribution in [0.2, 0.25) is 5.02 Å². The van der Waals surface area contributed by atoms with Crippen molar-refractivity contribution in [2.75, 3.05) is 11.9 Å². The van der Waals surface area contributed by atoms with Crippen LogP contribution in [0.15, 0.2) is 35.0 Å². The summed E-state index contributed by atoms with van der Waals surface area (Å²) in [6, 6.07) is 6.99. The zero-order valence-corrected chi connectivity index (χ0v) is 15.3. The second-order valence-electron chi connectivity index (χ2n) is 5.32. The molecule has 1 N–H and O–H groups in total. The number of anilines is 1. The van der Waals surface area contributed by atoms with Crippen LogP contribution in [0.25, 0.3) is 11.4 Å². The first-order valence-electron chi connectivity index (χ1n) is 7.53. The van der Waals surface area contributed by atoms with E-state index in [1.165, 1.54) is 11.3 Å². The summed E-state index contributed by atoms with van der Waals surface area (Å²) in [4.78, 5) is 24.9. The molecule has 0 saturated carbocycles. The molecule has 10 heteroatoms. The lowest BCUT2D eigenvalue weighted by Crippen LogP contribution is -2.24. The molecular formula is C16H14ClN5O3S. The maximum atomic E-state index is 11.9. The van der Waals surface area contributed by atoms with Crippen LogP contribution in [0.1, 0.15) is 5.56 Å². The number of hydrogen-bond acceptors (Lipinski definition) is 7. The first-order valence-corrected chi connectivity index (χ1v) is 8.85. The summed E-state index contributed by atoms with van der Waals surface area (Å²) in [6.07, 6.45) is 0. The Labute approximate surface area is 157 Å². The monoisotopic (exact) mass is 391 g/mol. The topological polar surface area (TPSA) is 99.0 Å². The summed E-state index contributed by atoms with van der Waals surface area (Å²) in [5.41, 5.74) is 2.24. The van der Waals surface area contributed by atoms with Crippen molar-refractivity contribution in [3.63, 3.8) is 0 Å². The molecule has 0 atom stereocenters. The van der Waals surface area contributed by atoms with E-state index in [4.69, 9.17) is 16.3 Å². The normalized spacial score (nSPS) is 10.5. The van der Waals surface area contributed by atoms with Crippen LogP contribution in [0.5, 0.6) is 0 Å². The molecule has 8 nitrogen and oxygen atoms in total. The van der Waals surface area contributed by atoms with E-state index in [0.717, 1.165) is 15.9 Å². The molecule has 1 amide bonds. The number of hydrogen-bond donors (Lipinski definition) is 1. The van der Waals surface area contributed by atoms with Crippen molar-refractivity contribution in [1.82, 2.24) is 20.2 Å². The highest BCUT2D eigenvalue weighted by Crippen LogP contribution is 2.20. The van der Waals surface area contributed by atoms with Gasteiger partial charge in [0, 0.05) is 21.7 Å². The predicted octanol–water partition coefficient (Wildman–Crippen LogP) is 2.55. The Morgan fingerprint density at radius 2 is 2.19 bits per heavy atom. The highest BCUT2D eigenvalue weighted by Gasteiger charge is 2.13. The van der Waals surface area contributed by atoms with Gasteiger partial charge in [-0.3, -0.25) is 4.79 Å². The van der Waals surface area contributed by atoms with Crippen molar-refractivity contribution in [1.29, 1.82) is 0 Å². The van der Waals surface area contributed by atoms with Gasteiger partial charge in [0.05, 0.1) is 0 Å². The standard InChI is InChI=1S/C16H14ClN5O3S/c1-10-2-3-12(17)6-13(10)18-14(23)8-25-15(24)7-22-20-16(19-21-22)11-4-5-26-9-11/h2-6,9H,7-8H2,1H3,(H,18,23). The third-order valence-corrected chi connectivity index (χ3v) is 4.26. The van der Waals surface area contributed by atoms with Crippen molar-refractivity contribution in [2.24, 2.45) is 0 Å². The summed E-state index contributed by atoms with van der Waals surface area (Å²) < 4.78 is 4.94. The van der Waals surface area contributed by atoms with Crippen molar-refractivity contribution < 1.29 is 14.3 Å². The highest BCUT2D eigenvalue weighted by atomic mass is 35.5. The Bertz CT molecular complexity index is 926. The van der Waals surface area contributed by atoms with E-state index in [1.54, 1.807) is 18.2 Å². The van der Waals surface area contributed by atoms with Gasteiger partial charge in [0.1, 0.15) is 0 Å². The van der Waals surface area contributed by atoms with E-state index in [1.807, 2.05) is 23.8 Å².